The average Bonchev–Trinajstić information content (AvgIpc) is 3.29. The van der Waals surface area contributed by atoms with Crippen molar-refractivity contribution < 1.29 is 9.59 Å². The molecule has 33 heavy (non-hydrogen) atoms. The number of amides is 1. The number of nitrogens with one attached hydrogen (secondary N) is 1. The molecule has 1 amide bonds. The summed E-state index contributed by atoms with van der Waals surface area (Å²) in [5, 5.41) is 4.84. The Kier molecular flexibility index (Phi) is 6.72. The molecule has 8 heteroatoms. The number of carbonyl (C=O) groups is 2. The van der Waals surface area contributed by atoms with Gasteiger partial charge in [0.1, 0.15) is 5.82 Å². The Labute approximate surface area is 193 Å². The lowest BCUT2D eigenvalue weighted by Gasteiger charge is -2.32. The largest absolute Gasteiger partial charge is 0.343 e. The molecule has 0 aliphatic carbocycles. The van der Waals surface area contributed by atoms with Crippen LogP contribution in [0.5, 0.6) is 0 Å². The van der Waals surface area contributed by atoms with Crippen molar-refractivity contribution >= 4 is 22.6 Å². The number of H-pyrrole nitrogens is 1. The smallest absolute Gasteiger partial charge is 0.258 e. The first-order chi connectivity index (χ1) is 15.8. The van der Waals surface area contributed by atoms with Crippen molar-refractivity contribution in [1.29, 1.82) is 0 Å². The van der Waals surface area contributed by atoms with Crippen LogP contribution < -0.4 is 5.56 Å². The van der Waals surface area contributed by atoms with Crippen molar-refractivity contribution in [2.45, 2.75) is 52.5 Å². The van der Waals surface area contributed by atoms with E-state index in [1.807, 2.05) is 50.1 Å². The van der Waals surface area contributed by atoms with Gasteiger partial charge >= 0.3 is 0 Å². The molecule has 3 heterocycles. The van der Waals surface area contributed by atoms with Crippen molar-refractivity contribution in [3.63, 3.8) is 0 Å². The predicted molar refractivity (Wildman–Crippen MR) is 126 cm³/mol. The van der Waals surface area contributed by atoms with Crippen molar-refractivity contribution in [1.82, 2.24) is 24.6 Å². The number of rotatable bonds is 7. The molecule has 1 atom stereocenters. The third kappa shape index (κ3) is 5.21. The Morgan fingerprint density at radius 1 is 1.15 bits per heavy atom. The van der Waals surface area contributed by atoms with E-state index in [-0.39, 0.29) is 35.1 Å². The molecule has 0 bridgehead atoms. The number of benzene rings is 1. The first-order valence-electron chi connectivity index (χ1n) is 11.7. The van der Waals surface area contributed by atoms with Gasteiger partial charge in [0, 0.05) is 44.1 Å². The van der Waals surface area contributed by atoms with E-state index in [1.54, 1.807) is 16.9 Å². The molecule has 1 N–H and O–H groups in total. The van der Waals surface area contributed by atoms with Gasteiger partial charge in [-0.05, 0) is 44.7 Å². The van der Waals surface area contributed by atoms with E-state index in [0.717, 1.165) is 0 Å². The van der Waals surface area contributed by atoms with E-state index >= 15 is 0 Å². The number of piperidine rings is 1. The first kappa shape index (κ1) is 22.9. The Morgan fingerprint density at radius 2 is 1.88 bits per heavy atom. The molecule has 1 saturated heterocycles. The van der Waals surface area contributed by atoms with E-state index < -0.39 is 0 Å². The zero-order chi connectivity index (χ0) is 23.5. The van der Waals surface area contributed by atoms with E-state index in [1.165, 1.54) is 0 Å². The van der Waals surface area contributed by atoms with E-state index in [4.69, 9.17) is 0 Å². The first-order valence-corrected chi connectivity index (χ1v) is 11.7. The van der Waals surface area contributed by atoms with Gasteiger partial charge in [-0.2, -0.15) is 5.10 Å². The lowest BCUT2D eigenvalue weighted by Crippen LogP contribution is -2.40. The van der Waals surface area contributed by atoms with Gasteiger partial charge in [0.2, 0.25) is 5.91 Å². The monoisotopic (exact) mass is 449 g/mol. The van der Waals surface area contributed by atoms with Crippen molar-refractivity contribution in [2.24, 2.45) is 11.8 Å². The maximum Gasteiger partial charge on any atom is 0.258 e. The number of fused-ring (bicyclic) bond motifs is 1. The maximum atomic E-state index is 12.8. The Bertz CT molecular complexity index is 1200. The fourth-order valence-electron chi connectivity index (χ4n) is 4.44. The topological polar surface area (TPSA) is 101 Å². The van der Waals surface area contributed by atoms with Crippen LogP contribution in [-0.4, -0.2) is 49.4 Å². The SMILES string of the molecule is CC(C)n1cc(C(=O)C2CCN(C(=O)C[C@H](C)Cc3nc4ccccc4c(=O)[nH]3)CC2)cn1. The fraction of sp³-hybridized carbons (Fsp3) is 0.480. The van der Waals surface area contributed by atoms with Crippen LogP contribution in [0.3, 0.4) is 0 Å². The molecule has 8 nitrogen and oxygen atoms in total. The summed E-state index contributed by atoms with van der Waals surface area (Å²) >= 11 is 0. The highest BCUT2D eigenvalue weighted by atomic mass is 16.2. The number of hydrogen-bond acceptors (Lipinski definition) is 5. The molecule has 0 unspecified atom stereocenters. The molecule has 1 fully saturated rings. The number of Topliss-reactive ketones (excluding diaryl/α,β-unsaturated/α-hetero) is 1. The molecule has 174 valence electrons. The summed E-state index contributed by atoms with van der Waals surface area (Å²) in [6.07, 6.45) is 5.72. The second kappa shape index (κ2) is 9.68. The van der Waals surface area contributed by atoms with Crippen LogP contribution >= 0.6 is 0 Å². The number of nitrogens with zero attached hydrogens (tertiary/aromatic N) is 4. The normalized spacial score (nSPS) is 15.8. The average molecular weight is 450 g/mol. The minimum Gasteiger partial charge on any atom is -0.343 e. The van der Waals surface area contributed by atoms with Gasteiger partial charge in [-0.25, -0.2) is 4.98 Å². The maximum absolute atomic E-state index is 12.8. The van der Waals surface area contributed by atoms with Crippen LogP contribution in [0.1, 0.15) is 62.3 Å². The molecular weight excluding hydrogens is 418 g/mol. The third-order valence-corrected chi connectivity index (χ3v) is 6.36. The molecule has 1 aliphatic rings. The zero-order valence-electron chi connectivity index (χ0n) is 19.5. The summed E-state index contributed by atoms with van der Waals surface area (Å²) in [4.78, 5) is 47.2. The van der Waals surface area contributed by atoms with Gasteiger partial charge in [0.15, 0.2) is 5.78 Å². The summed E-state index contributed by atoms with van der Waals surface area (Å²) in [6.45, 7) is 7.23. The number of aromatic amines is 1. The third-order valence-electron chi connectivity index (χ3n) is 6.36. The van der Waals surface area contributed by atoms with Crippen LogP contribution in [0, 0.1) is 11.8 Å². The van der Waals surface area contributed by atoms with Crippen LogP contribution in [0.15, 0.2) is 41.5 Å². The van der Waals surface area contributed by atoms with Crippen molar-refractivity contribution in [2.75, 3.05) is 13.1 Å². The predicted octanol–water partition coefficient (Wildman–Crippen LogP) is 3.39. The lowest BCUT2D eigenvalue weighted by atomic mass is 9.89. The molecule has 4 rings (SSSR count). The van der Waals surface area contributed by atoms with Gasteiger partial charge < -0.3 is 9.88 Å². The molecule has 1 aliphatic heterocycles. The number of ketones is 1. The number of likely N-dealkylation sites (tertiary alicyclic amines) is 1. The molecule has 0 saturated carbocycles. The highest BCUT2D eigenvalue weighted by Gasteiger charge is 2.29. The van der Waals surface area contributed by atoms with Crippen LogP contribution in [0.4, 0.5) is 0 Å². The van der Waals surface area contributed by atoms with Crippen molar-refractivity contribution in [3.05, 3.63) is 58.4 Å². The van der Waals surface area contributed by atoms with Crippen molar-refractivity contribution in [3.8, 4) is 0 Å². The Morgan fingerprint density at radius 3 is 2.58 bits per heavy atom. The summed E-state index contributed by atoms with van der Waals surface area (Å²) in [7, 11) is 0. The quantitative estimate of drug-likeness (QED) is 0.557. The second-order valence-electron chi connectivity index (χ2n) is 9.37. The number of hydrogen-bond donors (Lipinski definition) is 1. The van der Waals surface area contributed by atoms with Crippen LogP contribution in [0.2, 0.25) is 0 Å². The molecule has 0 radical (unpaired) electrons. The Balaban J connectivity index is 1.30. The minimum atomic E-state index is -0.153. The van der Waals surface area contributed by atoms with E-state index in [0.29, 0.717) is 61.1 Å². The van der Waals surface area contributed by atoms with Crippen LogP contribution in [0.25, 0.3) is 10.9 Å². The molecule has 0 spiro atoms. The van der Waals surface area contributed by atoms with Gasteiger partial charge in [0.25, 0.3) is 5.56 Å². The minimum absolute atomic E-state index is 0.0445. The summed E-state index contributed by atoms with van der Waals surface area (Å²) in [5.41, 5.74) is 1.17. The summed E-state index contributed by atoms with van der Waals surface area (Å²) in [5.74, 6) is 0.786. The lowest BCUT2D eigenvalue weighted by molar-refractivity contribution is -0.133. The fourth-order valence-corrected chi connectivity index (χ4v) is 4.44. The number of carbonyl (C=O) groups excluding carboxylic acids is 2. The molecule has 3 aromatic rings. The van der Waals surface area contributed by atoms with Gasteiger partial charge in [-0.1, -0.05) is 19.1 Å². The number of aromatic nitrogens is 4. The van der Waals surface area contributed by atoms with E-state index in [9.17, 15) is 14.4 Å². The highest BCUT2D eigenvalue weighted by Crippen LogP contribution is 2.23. The van der Waals surface area contributed by atoms with Gasteiger partial charge in [0.05, 0.1) is 22.7 Å². The van der Waals surface area contributed by atoms with E-state index in [2.05, 4.69) is 15.1 Å². The molecule has 2 aromatic heterocycles. The second-order valence-corrected chi connectivity index (χ2v) is 9.37. The van der Waals surface area contributed by atoms with Crippen LogP contribution in [-0.2, 0) is 11.2 Å². The standard InChI is InChI=1S/C25H31N5O3/c1-16(2)30-15-19(14-26-30)24(32)18-8-10-29(11-9-18)23(31)13-17(3)12-22-27-21-7-5-4-6-20(21)25(33)28-22/h4-7,14-18H,8-13H2,1-3H3,(H,27,28,33)/t17-/m1/s1. The number of para-hydroxylation sites is 1. The van der Waals surface area contributed by atoms with Gasteiger partial charge in [-0.15, -0.1) is 0 Å². The highest BCUT2D eigenvalue weighted by molar-refractivity contribution is 5.97. The molecular formula is C25H31N5O3. The zero-order valence-corrected chi connectivity index (χ0v) is 19.5. The summed E-state index contributed by atoms with van der Waals surface area (Å²) in [6, 6.07) is 7.47. The summed E-state index contributed by atoms with van der Waals surface area (Å²) < 4.78 is 1.80. The molecule has 1 aromatic carbocycles. The van der Waals surface area contributed by atoms with Gasteiger partial charge in [-0.3, -0.25) is 19.1 Å². The Hall–Kier alpha value is -3.29.